The van der Waals surface area contributed by atoms with Crippen LogP contribution in [0.4, 0.5) is 0 Å². The average Bonchev–Trinajstić information content (AvgIpc) is 2.99. The highest BCUT2D eigenvalue weighted by Crippen LogP contribution is 2.29. The number of hydrogen-bond acceptors (Lipinski definition) is 5. The topological polar surface area (TPSA) is 53.1 Å². The number of thiophene rings is 1. The summed E-state index contributed by atoms with van der Waals surface area (Å²) in [5.74, 6) is 0.354. The summed E-state index contributed by atoms with van der Waals surface area (Å²) in [5, 5.41) is 0. The number of carbonyl (C=O) groups excluding carboxylic acids is 2. The maximum absolute atomic E-state index is 12.9. The van der Waals surface area contributed by atoms with Gasteiger partial charge in [-0.3, -0.25) is 14.5 Å². The highest BCUT2D eigenvalue weighted by molar-refractivity contribution is 7.14. The fraction of sp³-hybridized carbons (Fsp3) is 0.700. The van der Waals surface area contributed by atoms with Crippen molar-refractivity contribution in [1.82, 2.24) is 14.7 Å². The zero-order chi connectivity index (χ0) is 18.6. The van der Waals surface area contributed by atoms with Crippen molar-refractivity contribution in [2.24, 2.45) is 0 Å². The number of fused-ring (bicyclic) bond motifs is 1. The lowest BCUT2D eigenvalue weighted by molar-refractivity contribution is -0.136. The summed E-state index contributed by atoms with van der Waals surface area (Å²) in [4.78, 5) is 33.6. The predicted molar refractivity (Wildman–Crippen MR) is 105 cm³/mol. The van der Waals surface area contributed by atoms with E-state index in [4.69, 9.17) is 4.74 Å². The van der Waals surface area contributed by atoms with E-state index < -0.39 is 0 Å². The molecule has 1 aromatic heterocycles. The molecule has 3 aliphatic rings. The van der Waals surface area contributed by atoms with E-state index in [0.29, 0.717) is 45.9 Å². The molecule has 0 bridgehead atoms. The number of aryl methyl sites for hydroxylation is 2. The van der Waals surface area contributed by atoms with Crippen molar-refractivity contribution in [1.29, 1.82) is 0 Å². The fourth-order valence-corrected chi connectivity index (χ4v) is 5.36. The molecular weight excluding hydrogens is 362 g/mol. The minimum absolute atomic E-state index is 0.173. The van der Waals surface area contributed by atoms with Crippen LogP contribution in [0.3, 0.4) is 0 Å². The van der Waals surface area contributed by atoms with Crippen molar-refractivity contribution >= 4 is 23.2 Å². The summed E-state index contributed by atoms with van der Waals surface area (Å²) in [6.07, 6.45) is 6.04. The molecule has 6 nitrogen and oxygen atoms in total. The Morgan fingerprint density at radius 3 is 2.44 bits per heavy atom. The molecule has 27 heavy (non-hydrogen) atoms. The summed E-state index contributed by atoms with van der Waals surface area (Å²) in [5.41, 5.74) is 1.40. The van der Waals surface area contributed by atoms with E-state index in [1.54, 1.807) is 11.3 Å². The van der Waals surface area contributed by atoms with Gasteiger partial charge in [-0.05, 0) is 37.3 Å². The molecule has 2 saturated heterocycles. The predicted octanol–water partition coefficient (Wildman–Crippen LogP) is 1.63. The molecule has 0 spiro atoms. The van der Waals surface area contributed by atoms with Crippen molar-refractivity contribution in [2.45, 2.75) is 32.1 Å². The number of hydrogen-bond donors (Lipinski definition) is 0. The number of morpholine rings is 1. The van der Waals surface area contributed by atoms with Gasteiger partial charge in [-0.25, -0.2) is 0 Å². The molecule has 2 aliphatic heterocycles. The molecule has 0 saturated carbocycles. The minimum atomic E-state index is 0.173. The van der Waals surface area contributed by atoms with Crippen molar-refractivity contribution in [3.63, 3.8) is 0 Å². The molecule has 0 radical (unpaired) electrons. The molecule has 148 valence electrons. The van der Waals surface area contributed by atoms with Crippen LogP contribution in [-0.2, 0) is 22.4 Å². The first-order chi connectivity index (χ1) is 13.2. The summed E-state index contributed by atoms with van der Waals surface area (Å²) >= 11 is 1.70. The van der Waals surface area contributed by atoms with Crippen LogP contribution in [0.5, 0.6) is 0 Å². The molecule has 2 fully saturated rings. The summed E-state index contributed by atoms with van der Waals surface area (Å²) < 4.78 is 5.31. The molecule has 3 heterocycles. The highest BCUT2D eigenvalue weighted by Gasteiger charge is 2.27. The maximum Gasteiger partial charge on any atom is 0.264 e. The third kappa shape index (κ3) is 4.52. The first-order valence-corrected chi connectivity index (χ1v) is 11.0. The Labute approximate surface area is 165 Å². The van der Waals surface area contributed by atoms with Gasteiger partial charge in [0.15, 0.2) is 0 Å². The zero-order valence-corrected chi connectivity index (χ0v) is 16.8. The number of nitrogens with zero attached hydrogens (tertiary/aromatic N) is 3. The van der Waals surface area contributed by atoms with Gasteiger partial charge in [0, 0.05) is 44.1 Å². The number of amides is 2. The third-order valence-corrected chi connectivity index (χ3v) is 7.06. The molecular formula is C20H29N3O3S. The molecule has 1 aliphatic carbocycles. The Hall–Kier alpha value is -1.44. The Morgan fingerprint density at radius 1 is 0.926 bits per heavy atom. The molecule has 0 N–H and O–H groups in total. The van der Waals surface area contributed by atoms with Gasteiger partial charge < -0.3 is 14.5 Å². The number of carbonyl (C=O) groups is 2. The second kappa shape index (κ2) is 8.71. The van der Waals surface area contributed by atoms with Crippen LogP contribution in [0.1, 0.15) is 39.4 Å². The molecule has 0 aromatic carbocycles. The lowest BCUT2D eigenvalue weighted by Gasteiger charge is -2.35. The molecule has 0 unspecified atom stereocenters. The van der Waals surface area contributed by atoms with Crippen molar-refractivity contribution in [2.75, 3.05) is 59.0 Å². The van der Waals surface area contributed by atoms with Crippen LogP contribution >= 0.6 is 11.3 Å². The zero-order valence-electron chi connectivity index (χ0n) is 16.0. The van der Waals surface area contributed by atoms with E-state index in [1.807, 2.05) is 9.80 Å². The Morgan fingerprint density at radius 2 is 1.67 bits per heavy atom. The molecule has 4 rings (SSSR count). The largest absolute Gasteiger partial charge is 0.378 e. The van der Waals surface area contributed by atoms with Crippen molar-refractivity contribution in [3.8, 4) is 0 Å². The Balaban J connectivity index is 1.28. The third-order valence-electron chi connectivity index (χ3n) is 5.84. The number of rotatable bonds is 3. The number of piperazine rings is 1. The molecule has 7 heteroatoms. The fourth-order valence-electron chi connectivity index (χ4n) is 4.14. The lowest BCUT2D eigenvalue weighted by Crippen LogP contribution is -2.52. The average molecular weight is 392 g/mol. The van der Waals surface area contributed by atoms with Gasteiger partial charge in [-0.1, -0.05) is 6.42 Å². The standard InChI is InChI=1S/C20H29N3O3S/c24-19(22-10-12-26-13-11-22)15-21-6-8-23(9-7-21)20(25)18-14-16-4-2-1-3-5-17(16)27-18/h14H,1-13,15H2. The summed E-state index contributed by atoms with van der Waals surface area (Å²) in [6, 6.07) is 2.14. The van der Waals surface area contributed by atoms with Crippen LogP contribution in [0, 0.1) is 0 Å². The SMILES string of the molecule is O=C(CN1CCN(C(=O)c2cc3c(s2)CCCCC3)CC1)N1CCOCC1. The molecule has 0 atom stereocenters. The second-order valence-electron chi connectivity index (χ2n) is 7.68. The first-order valence-electron chi connectivity index (χ1n) is 10.2. The quantitative estimate of drug-likeness (QED) is 0.735. The van der Waals surface area contributed by atoms with E-state index in [1.165, 1.54) is 29.7 Å². The monoisotopic (exact) mass is 391 g/mol. The maximum atomic E-state index is 12.9. The van der Waals surface area contributed by atoms with Crippen LogP contribution in [0.2, 0.25) is 0 Å². The van der Waals surface area contributed by atoms with Crippen LogP contribution < -0.4 is 0 Å². The summed E-state index contributed by atoms with van der Waals surface area (Å²) in [6.45, 7) is 6.07. The molecule has 2 amide bonds. The number of ether oxygens (including phenoxy) is 1. The van der Waals surface area contributed by atoms with Crippen LogP contribution in [0.25, 0.3) is 0 Å². The van der Waals surface area contributed by atoms with E-state index >= 15 is 0 Å². The van der Waals surface area contributed by atoms with Gasteiger partial charge in [0.2, 0.25) is 5.91 Å². The van der Waals surface area contributed by atoms with Gasteiger partial charge in [-0.15, -0.1) is 11.3 Å². The second-order valence-corrected chi connectivity index (χ2v) is 8.82. The smallest absolute Gasteiger partial charge is 0.264 e. The van der Waals surface area contributed by atoms with Gasteiger partial charge in [0.05, 0.1) is 24.6 Å². The first kappa shape index (κ1) is 18.9. The van der Waals surface area contributed by atoms with Crippen molar-refractivity contribution in [3.05, 3.63) is 21.4 Å². The normalized spacial score (nSPS) is 21.6. The minimum Gasteiger partial charge on any atom is -0.378 e. The van der Waals surface area contributed by atoms with Gasteiger partial charge in [0.25, 0.3) is 5.91 Å². The molecule has 1 aromatic rings. The van der Waals surface area contributed by atoms with E-state index in [0.717, 1.165) is 30.8 Å². The van der Waals surface area contributed by atoms with E-state index in [9.17, 15) is 9.59 Å². The van der Waals surface area contributed by atoms with E-state index in [-0.39, 0.29) is 11.8 Å². The lowest BCUT2D eigenvalue weighted by atomic mass is 10.1. The summed E-state index contributed by atoms with van der Waals surface area (Å²) in [7, 11) is 0. The van der Waals surface area contributed by atoms with Crippen LogP contribution in [-0.4, -0.2) is 85.5 Å². The Kier molecular flexibility index (Phi) is 6.10. The van der Waals surface area contributed by atoms with Crippen molar-refractivity contribution < 1.29 is 14.3 Å². The highest BCUT2D eigenvalue weighted by atomic mass is 32.1. The van der Waals surface area contributed by atoms with Gasteiger partial charge in [0.1, 0.15) is 0 Å². The van der Waals surface area contributed by atoms with Crippen LogP contribution in [0.15, 0.2) is 6.07 Å². The van der Waals surface area contributed by atoms with E-state index in [2.05, 4.69) is 11.0 Å². The van der Waals surface area contributed by atoms with Gasteiger partial charge in [-0.2, -0.15) is 0 Å². The Bertz CT molecular complexity index is 653. The van der Waals surface area contributed by atoms with Gasteiger partial charge >= 0.3 is 0 Å².